The summed E-state index contributed by atoms with van der Waals surface area (Å²) in [5.41, 5.74) is 7.06. The van der Waals surface area contributed by atoms with Gasteiger partial charge in [0.15, 0.2) is 0 Å². The maximum Gasteiger partial charge on any atom is 0.424 e. The topological polar surface area (TPSA) is 96.2 Å². The third-order valence-electron chi connectivity index (χ3n) is 8.14. The van der Waals surface area contributed by atoms with E-state index in [-0.39, 0.29) is 0 Å². The number of halogens is 1. The highest BCUT2D eigenvalue weighted by atomic mass is 35.5. The van der Waals surface area contributed by atoms with Crippen LogP contribution in [0.5, 0.6) is 0 Å². The number of imide groups is 3. The van der Waals surface area contributed by atoms with Crippen molar-refractivity contribution in [3.8, 4) is 0 Å². The second kappa shape index (κ2) is 12.5. The number of hydrogen-bond acceptors (Lipinski definition) is 7. The van der Waals surface area contributed by atoms with Gasteiger partial charge in [-0.05, 0) is 81.8 Å². The van der Waals surface area contributed by atoms with Crippen LogP contribution in [-0.2, 0) is 27.4 Å². The van der Waals surface area contributed by atoms with Gasteiger partial charge in [-0.2, -0.15) is 4.90 Å². The molecular formula is C29H43ClN4O4. The van der Waals surface area contributed by atoms with Gasteiger partial charge in [0.05, 0.1) is 12.6 Å². The van der Waals surface area contributed by atoms with Crippen molar-refractivity contribution in [2.45, 2.75) is 90.4 Å². The van der Waals surface area contributed by atoms with Gasteiger partial charge in [-0.15, -0.1) is 0 Å². The number of benzene rings is 1. The van der Waals surface area contributed by atoms with Crippen molar-refractivity contribution in [1.29, 1.82) is 0 Å². The number of hydrogen-bond donors (Lipinski definition) is 1. The van der Waals surface area contributed by atoms with Gasteiger partial charge in [0, 0.05) is 24.7 Å². The monoisotopic (exact) mass is 546 g/mol. The molecule has 1 saturated carbocycles. The van der Waals surface area contributed by atoms with Crippen molar-refractivity contribution in [3.63, 3.8) is 0 Å². The molecule has 210 valence electrons. The number of ether oxygens (including phenoxy) is 1. The van der Waals surface area contributed by atoms with Crippen LogP contribution >= 0.6 is 11.6 Å². The predicted molar refractivity (Wildman–Crippen MR) is 147 cm³/mol. The Balaban J connectivity index is 1.61. The molecule has 1 aromatic carbocycles. The summed E-state index contributed by atoms with van der Waals surface area (Å²) < 4.78 is 5.45. The molecule has 0 radical (unpaired) electrons. The normalized spacial score (nSPS) is 23.2. The summed E-state index contributed by atoms with van der Waals surface area (Å²) in [6.07, 6.45) is 6.87. The molecule has 2 N–H and O–H groups in total. The van der Waals surface area contributed by atoms with E-state index in [1.54, 1.807) is 20.8 Å². The zero-order valence-electron chi connectivity index (χ0n) is 23.1. The molecule has 0 aromatic heterocycles. The Morgan fingerprint density at radius 1 is 1.03 bits per heavy atom. The first-order valence-corrected chi connectivity index (χ1v) is 14.5. The zero-order chi connectivity index (χ0) is 27.4. The molecule has 9 heteroatoms. The summed E-state index contributed by atoms with van der Waals surface area (Å²) >= 11 is 6.42. The Hall–Kier alpha value is -2.00. The van der Waals surface area contributed by atoms with Gasteiger partial charge in [0.2, 0.25) is 0 Å². The summed E-state index contributed by atoms with van der Waals surface area (Å²) in [6, 6.07) is 5.37. The summed E-state index contributed by atoms with van der Waals surface area (Å²) in [7, 11) is 0. The Kier molecular flexibility index (Phi) is 9.50. The molecule has 2 atom stereocenters. The number of rotatable bonds is 7. The van der Waals surface area contributed by atoms with Crippen LogP contribution in [0.4, 0.5) is 4.79 Å². The number of likely N-dealkylation sites (tertiary alicyclic amines) is 2. The average Bonchev–Trinajstić information content (AvgIpc) is 3.25. The van der Waals surface area contributed by atoms with Gasteiger partial charge >= 0.3 is 6.09 Å². The third-order valence-corrected chi connectivity index (χ3v) is 8.38. The van der Waals surface area contributed by atoms with Gasteiger partial charge in [-0.25, -0.2) is 4.79 Å². The standard InChI is InChI=1S/C29H43ClN4O4/c1-29(2,3)38-28(37)34(26(35)16-31)27(36)25-15-23(20-8-5-4-6-9-20)19-33(25)18-22-14-24(30)11-10-21(22)17-32-12-7-13-32/h10-11,14,20,23,25H,4-9,12-13,15-19,31H2,1-3H3/t23?,25-/m0/s1. The van der Waals surface area contributed by atoms with E-state index in [0.29, 0.717) is 34.7 Å². The molecule has 4 rings (SSSR count). The van der Waals surface area contributed by atoms with Crippen molar-refractivity contribution in [1.82, 2.24) is 14.7 Å². The van der Waals surface area contributed by atoms with Gasteiger partial charge in [-0.3, -0.25) is 19.4 Å². The molecule has 3 fully saturated rings. The molecular weight excluding hydrogens is 504 g/mol. The average molecular weight is 547 g/mol. The fraction of sp³-hybridized carbons (Fsp3) is 0.690. The van der Waals surface area contributed by atoms with Crippen LogP contribution < -0.4 is 5.73 Å². The lowest BCUT2D eigenvalue weighted by Crippen LogP contribution is -2.53. The summed E-state index contributed by atoms with van der Waals surface area (Å²) in [5.74, 6) is -0.411. The highest BCUT2D eigenvalue weighted by molar-refractivity contribution is 6.30. The van der Waals surface area contributed by atoms with E-state index in [1.807, 2.05) is 12.1 Å². The van der Waals surface area contributed by atoms with Gasteiger partial charge in [0.25, 0.3) is 11.8 Å². The van der Waals surface area contributed by atoms with Crippen molar-refractivity contribution < 1.29 is 19.1 Å². The fourth-order valence-electron chi connectivity index (χ4n) is 6.08. The molecule has 0 bridgehead atoms. The summed E-state index contributed by atoms with van der Waals surface area (Å²) in [4.78, 5) is 45.0. The quantitative estimate of drug-likeness (QED) is 0.535. The van der Waals surface area contributed by atoms with Crippen LogP contribution in [0, 0.1) is 11.8 Å². The largest absolute Gasteiger partial charge is 0.443 e. The Morgan fingerprint density at radius 3 is 2.34 bits per heavy atom. The Labute approximate surface area is 231 Å². The first-order valence-electron chi connectivity index (χ1n) is 14.1. The molecule has 3 amide bonds. The second-order valence-electron chi connectivity index (χ2n) is 12.1. The molecule has 3 aliphatic rings. The lowest BCUT2D eigenvalue weighted by molar-refractivity contribution is -0.145. The van der Waals surface area contributed by atoms with E-state index < -0.39 is 36.1 Å². The summed E-state index contributed by atoms with van der Waals surface area (Å²) in [5, 5.41) is 0.659. The Morgan fingerprint density at radius 2 is 1.74 bits per heavy atom. The molecule has 38 heavy (non-hydrogen) atoms. The second-order valence-corrected chi connectivity index (χ2v) is 12.6. The third kappa shape index (κ3) is 7.14. The lowest BCUT2D eigenvalue weighted by atomic mass is 9.79. The molecule has 0 spiro atoms. The summed E-state index contributed by atoms with van der Waals surface area (Å²) in [6.45, 7) is 8.98. The minimum Gasteiger partial charge on any atom is -0.443 e. The first kappa shape index (κ1) is 29.0. The SMILES string of the molecule is CC(C)(C)OC(=O)N(C(=O)CN)C(=O)[C@@H]1CC(C2CCCCC2)CN1Cc1cc(Cl)ccc1CN1CCC1. The molecule has 2 saturated heterocycles. The van der Waals surface area contributed by atoms with Crippen molar-refractivity contribution in [2.24, 2.45) is 17.6 Å². The van der Waals surface area contributed by atoms with Crippen LogP contribution in [0.25, 0.3) is 0 Å². The smallest absolute Gasteiger partial charge is 0.424 e. The van der Waals surface area contributed by atoms with E-state index in [9.17, 15) is 14.4 Å². The van der Waals surface area contributed by atoms with Gasteiger partial charge in [0.1, 0.15) is 5.60 Å². The molecule has 8 nitrogen and oxygen atoms in total. The van der Waals surface area contributed by atoms with Crippen LogP contribution in [0.2, 0.25) is 5.02 Å². The van der Waals surface area contributed by atoms with Crippen LogP contribution in [0.1, 0.15) is 76.8 Å². The van der Waals surface area contributed by atoms with E-state index in [0.717, 1.165) is 44.6 Å². The molecule has 1 aromatic rings. The number of carbonyl (C=O) groups excluding carboxylic acids is 3. The van der Waals surface area contributed by atoms with Crippen molar-refractivity contribution >= 4 is 29.5 Å². The van der Waals surface area contributed by atoms with E-state index in [2.05, 4.69) is 15.9 Å². The molecule has 2 heterocycles. The van der Waals surface area contributed by atoms with Crippen molar-refractivity contribution in [3.05, 3.63) is 34.3 Å². The fourth-order valence-corrected chi connectivity index (χ4v) is 6.27. The zero-order valence-corrected chi connectivity index (χ0v) is 23.8. The number of nitrogens with two attached hydrogens (primary N) is 1. The predicted octanol–water partition coefficient (Wildman–Crippen LogP) is 4.57. The maximum atomic E-state index is 14.0. The number of amides is 3. The van der Waals surface area contributed by atoms with E-state index >= 15 is 0 Å². The highest BCUT2D eigenvalue weighted by Crippen LogP contribution is 2.39. The highest BCUT2D eigenvalue weighted by Gasteiger charge is 2.45. The first-order chi connectivity index (χ1) is 18.1. The molecule has 2 aliphatic heterocycles. The van der Waals surface area contributed by atoms with Crippen LogP contribution in [-0.4, -0.2) is 70.4 Å². The molecule has 1 unspecified atom stereocenters. The van der Waals surface area contributed by atoms with E-state index in [4.69, 9.17) is 22.1 Å². The van der Waals surface area contributed by atoms with E-state index in [1.165, 1.54) is 31.2 Å². The van der Waals surface area contributed by atoms with Crippen LogP contribution in [0.15, 0.2) is 18.2 Å². The minimum atomic E-state index is -0.958. The minimum absolute atomic E-state index is 0.329. The van der Waals surface area contributed by atoms with Crippen molar-refractivity contribution in [2.75, 3.05) is 26.2 Å². The van der Waals surface area contributed by atoms with Gasteiger partial charge < -0.3 is 10.5 Å². The molecule has 1 aliphatic carbocycles. The lowest BCUT2D eigenvalue weighted by Gasteiger charge is -2.33. The Bertz CT molecular complexity index is 1020. The van der Waals surface area contributed by atoms with Crippen LogP contribution in [0.3, 0.4) is 0 Å². The van der Waals surface area contributed by atoms with Gasteiger partial charge in [-0.1, -0.05) is 49.8 Å². The number of nitrogens with zero attached hydrogens (tertiary/aromatic N) is 3. The number of carbonyl (C=O) groups is 3. The maximum absolute atomic E-state index is 14.0.